The van der Waals surface area contributed by atoms with Crippen LogP contribution in [0.4, 0.5) is 0 Å². The van der Waals surface area contributed by atoms with Gasteiger partial charge in [0.25, 0.3) is 0 Å². The Bertz CT molecular complexity index is 217. The molecule has 0 spiro atoms. The molecule has 1 fully saturated rings. The first kappa shape index (κ1) is 18.0. The maximum absolute atomic E-state index is 10.2. The molecule has 1 N–H and O–H groups in total. The molecule has 2 nitrogen and oxygen atoms in total. The fourth-order valence-corrected chi connectivity index (χ4v) is 3.17. The molecule has 120 valence electrons. The summed E-state index contributed by atoms with van der Waals surface area (Å²) in [5, 5.41) is 10.2. The van der Waals surface area contributed by atoms with Crippen molar-refractivity contribution in [2.24, 2.45) is 0 Å². The molecule has 0 aromatic heterocycles. The number of aliphatic hydroxyl groups excluding tert-OH is 1. The van der Waals surface area contributed by atoms with E-state index in [2.05, 4.69) is 13.8 Å². The third kappa shape index (κ3) is 7.64. The lowest BCUT2D eigenvalue weighted by atomic mass is 10.0. The van der Waals surface area contributed by atoms with E-state index < -0.39 is 0 Å². The monoisotopic (exact) mass is 284 g/mol. The Balaban J connectivity index is 2.03. The van der Waals surface area contributed by atoms with E-state index in [0.29, 0.717) is 6.10 Å². The maximum atomic E-state index is 10.2. The highest BCUT2D eigenvalue weighted by Gasteiger charge is 2.29. The zero-order valence-electron chi connectivity index (χ0n) is 13.8. The SMILES string of the molecule is CCCCCCC[C@H]1CC[C@@H]([C@H](O)CCCCCC)O1. The zero-order valence-corrected chi connectivity index (χ0v) is 13.8. The van der Waals surface area contributed by atoms with Gasteiger partial charge in [-0.15, -0.1) is 0 Å². The Labute approximate surface area is 126 Å². The molecule has 0 radical (unpaired) electrons. The van der Waals surface area contributed by atoms with E-state index in [1.165, 1.54) is 57.8 Å². The van der Waals surface area contributed by atoms with Gasteiger partial charge in [0.2, 0.25) is 0 Å². The summed E-state index contributed by atoms with van der Waals surface area (Å²) < 4.78 is 6.04. The van der Waals surface area contributed by atoms with Crippen LogP contribution in [0, 0.1) is 0 Å². The predicted molar refractivity (Wildman–Crippen MR) is 86.0 cm³/mol. The predicted octanol–water partition coefficient (Wildman–Crippen LogP) is 5.23. The lowest BCUT2D eigenvalue weighted by molar-refractivity contribution is -0.0401. The van der Waals surface area contributed by atoms with Gasteiger partial charge in [0.15, 0.2) is 0 Å². The standard InChI is InChI=1S/C18H36O2/c1-3-5-7-9-10-12-16-14-15-18(20-16)17(19)13-11-8-6-4-2/h16-19H,3-15H2,1-2H3/t16-,17+,18-/m0/s1. The van der Waals surface area contributed by atoms with Crippen LogP contribution in [-0.2, 0) is 4.74 Å². The van der Waals surface area contributed by atoms with Crippen LogP contribution >= 0.6 is 0 Å². The Hall–Kier alpha value is -0.0800. The van der Waals surface area contributed by atoms with Crippen molar-refractivity contribution in [1.82, 2.24) is 0 Å². The largest absolute Gasteiger partial charge is 0.390 e. The third-order valence-corrected chi connectivity index (χ3v) is 4.55. The Morgan fingerprint density at radius 2 is 1.55 bits per heavy atom. The molecule has 1 rings (SSSR count). The highest BCUT2D eigenvalue weighted by molar-refractivity contribution is 4.79. The molecule has 20 heavy (non-hydrogen) atoms. The number of hydrogen-bond donors (Lipinski definition) is 1. The fourth-order valence-electron chi connectivity index (χ4n) is 3.17. The number of hydrogen-bond acceptors (Lipinski definition) is 2. The van der Waals surface area contributed by atoms with Gasteiger partial charge >= 0.3 is 0 Å². The van der Waals surface area contributed by atoms with Crippen LogP contribution in [0.5, 0.6) is 0 Å². The number of ether oxygens (including phenoxy) is 1. The summed E-state index contributed by atoms with van der Waals surface area (Å²) in [6.07, 6.45) is 16.3. The van der Waals surface area contributed by atoms with Crippen molar-refractivity contribution >= 4 is 0 Å². The van der Waals surface area contributed by atoms with Crippen molar-refractivity contribution in [3.63, 3.8) is 0 Å². The Morgan fingerprint density at radius 3 is 2.25 bits per heavy atom. The van der Waals surface area contributed by atoms with E-state index in [-0.39, 0.29) is 12.2 Å². The second-order valence-electron chi connectivity index (χ2n) is 6.49. The second-order valence-corrected chi connectivity index (χ2v) is 6.49. The molecule has 1 saturated heterocycles. The molecule has 0 unspecified atom stereocenters. The van der Waals surface area contributed by atoms with Crippen LogP contribution in [0.25, 0.3) is 0 Å². The van der Waals surface area contributed by atoms with E-state index in [1.54, 1.807) is 0 Å². The average molecular weight is 284 g/mol. The van der Waals surface area contributed by atoms with Crippen molar-refractivity contribution in [3.8, 4) is 0 Å². The molecule has 1 aliphatic rings. The normalized spacial score (nSPS) is 24.1. The first-order chi connectivity index (χ1) is 9.77. The van der Waals surface area contributed by atoms with Gasteiger partial charge in [-0.05, 0) is 25.7 Å². The molecule has 0 aromatic rings. The van der Waals surface area contributed by atoms with Crippen LogP contribution in [0.1, 0.15) is 97.3 Å². The first-order valence-electron chi connectivity index (χ1n) is 9.11. The van der Waals surface area contributed by atoms with E-state index in [1.807, 2.05) is 0 Å². The summed E-state index contributed by atoms with van der Waals surface area (Å²) in [6, 6.07) is 0. The smallest absolute Gasteiger partial charge is 0.0838 e. The van der Waals surface area contributed by atoms with Gasteiger partial charge in [0.05, 0.1) is 18.3 Å². The van der Waals surface area contributed by atoms with E-state index in [9.17, 15) is 5.11 Å². The lowest BCUT2D eigenvalue weighted by Crippen LogP contribution is -2.26. The van der Waals surface area contributed by atoms with Crippen molar-refractivity contribution in [3.05, 3.63) is 0 Å². The minimum atomic E-state index is -0.225. The molecule has 1 heterocycles. The van der Waals surface area contributed by atoms with Gasteiger partial charge in [-0.25, -0.2) is 0 Å². The summed E-state index contributed by atoms with van der Waals surface area (Å²) in [7, 11) is 0. The van der Waals surface area contributed by atoms with Crippen molar-refractivity contribution < 1.29 is 9.84 Å². The van der Waals surface area contributed by atoms with Crippen LogP contribution < -0.4 is 0 Å². The molecule has 0 aliphatic carbocycles. The highest BCUT2D eigenvalue weighted by atomic mass is 16.5. The van der Waals surface area contributed by atoms with Gasteiger partial charge in [-0.2, -0.15) is 0 Å². The van der Waals surface area contributed by atoms with Crippen molar-refractivity contribution in [2.75, 3.05) is 0 Å². The maximum Gasteiger partial charge on any atom is 0.0838 e. The van der Waals surface area contributed by atoms with Crippen LogP contribution in [0.15, 0.2) is 0 Å². The molecule has 0 amide bonds. The van der Waals surface area contributed by atoms with Gasteiger partial charge in [-0.1, -0.05) is 71.6 Å². The van der Waals surface area contributed by atoms with Crippen LogP contribution in [0.3, 0.4) is 0 Å². The molecule has 1 aliphatic heterocycles. The molecule has 0 aromatic carbocycles. The van der Waals surface area contributed by atoms with E-state index in [0.717, 1.165) is 25.7 Å². The van der Waals surface area contributed by atoms with Gasteiger partial charge in [0.1, 0.15) is 0 Å². The molecule has 2 heteroatoms. The van der Waals surface area contributed by atoms with Crippen LogP contribution in [-0.4, -0.2) is 23.4 Å². The number of aliphatic hydroxyl groups is 1. The van der Waals surface area contributed by atoms with Gasteiger partial charge < -0.3 is 9.84 Å². The molecule has 0 saturated carbocycles. The second kappa shape index (κ2) is 11.6. The van der Waals surface area contributed by atoms with Gasteiger partial charge in [-0.3, -0.25) is 0 Å². The highest BCUT2D eigenvalue weighted by Crippen LogP contribution is 2.27. The summed E-state index contributed by atoms with van der Waals surface area (Å²) in [4.78, 5) is 0. The van der Waals surface area contributed by atoms with Crippen molar-refractivity contribution in [2.45, 2.75) is 116 Å². The van der Waals surface area contributed by atoms with E-state index >= 15 is 0 Å². The molecular weight excluding hydrogens is 248 g/mol. The third-order valence-electron chi connectivity index (χ3n) is 4.55. The van der Waals surface area contributed by atoms with Gasteiger partial charge in [0, 0.05) is 0 Å². The average Bonchev–Trinajstić information content (AvgIpc) is 2.92. The zero-order chi connectivity index (χ0) is 14.6. The minimum Gasteiger partial charge on any atom is -0.390 e. The Kier molecular flexibility index (Phi) is 10.4. The topological polar surface area (TPSA) is 29.5 Å². The fraction of sp³-hybridized carbons (Fsp3) is 1.00. The summed E-state index contributed by atoms with van der Waals surface area (Å²) >= 11 is 0. The van der Waals surface area contributed by atoms with Crippen molar-refractivity contribution in [1.29, 1.82) is 0 Å². The number of unbranched alkanes of at least 4 members (excludes halogenated alkanes) is 7. The minimum absolute atomic E-state index is 0.122. The number of rotatable bonds is 12. The molecule has 0 bridgehead atoms. The summed E-state index contributed by atoms with van der Waals surface area (Å²) in [5.41, 5.74) is 0. The molecular formula is C18H36O2. The Morgan fingerprint density at radius 1 is 0.900 bits per heavy atom. The first-order valence-corrected chi connectivity index (χ1v) is 9.11. The summed E-state index contributed by atoms with van der Waals surface area (Å²) in [6.45, 7) is 4.48. The van der Waals surface area contributed by atoms with Crippen LogP contribution in [0.2, 0.25) is 0 Å². The lowest BCUT2D eigenvalue weighted by Gasteiger charge is -2.19. The summed E-state index contributed by atoms with van der Waals surface area (Å²) in [5.74, 6) is 0. The van der Waals surface area contributed by atoms with E-state index in [4.69, 9.17) is 4.74 Å². The quantitative estimate of drug-likeness (QED) is 0.497. The molecule has 3 atom stereocenters.